The van der Waals surface area contributed by atoms with Gasteiger partial charge in [0.15, 0.2) is 0 Å². The molecule has 3 nitrogen and oxygen atoms in total. The maximum Gasteiger partial charge on any atom is 0.149 e. The molecule has 0 saturated heterocycles. The van der Waals surface area contributed by atoms with Crippen LogP contribution in [0.2, 0.25) is 0 Å². The molecular formula is C13H15NO2. The predicted octanol–water partition coefficient (Wildman–Crippen LogP) is 2.63. The molecular weight excluding hydrogens is 202 g/mol. The number of ether oxygens (including phenoxy) is 1. The van der Waals surface area contributed by atoms with E-state index in [2.05, 4.69) is 0 Å². The van der Waals surface area contributed by atoms with Crippen molar-refractivity contribution in [2.75, 3.05) is 6.61 Å². The van der Waals surface area contributed by atoms with Gasteiger partial charge in [0.05, 0.1) is 18.7 Å². The lowest BCUT2D eigenvalue weighted by Gasteiger charge is -2.06. The lowest BCUT2D eigenvalue weighted by molar-refractivity contribution is -0.117. The van der Waals surface area contributed by atoms with E-state index in [1.165, 1.54) is 0 Å². The number of aromatic nitrogens is 1. The Morgan fingerprint density at radius 2 is 2.19 bits per heavy atom. The van der Waals surface area contributed by atoms with Crippen molar-refractivity contribution in [1.82, 2.24) is 4.57 Å². The number of Topliss-reactive ketones (excluding diaryl/α,β-unsaturated/α-hetero) is 1. The average Bonchev–Trinajstić information content (AvgIpc) is 2.63. The van der Waals surface area contributed by atoms with E-state index in [9.17, 15) is 4.79 Å². The smallest absolute Gasteiger partial charge is 0.149 e. The van der Waals surface area contributed by atoms with Crippen molar-refractivity contribution in [3.63, 3.8) is 0 Å². The minimum atomic E-state index is 0.152. The highest BCUT2D eigenvalue weighted by Crippen LogP contribution is 2.26. The first-order chi connectivity index (χ1) is 7.72. The van der Waals surface area contributed by atoms with Crippen molar-refractivity contribution in [1.29, 1.82) is 0 Å². The van der Waals surface area contributed by atoms with E-state index in [1.54, 1.807) is 6.92 Å². The van der Waals surface area contributed by atoms with Gasteiger partial charge in [0.2, 0.25) is 0 Å². The van der Waals surface area contributed by atoms with E-state index >= 15 is 0 Å². The fourth-order valence-corrected chi connectivity index (χ4v) is 1.85. The molecule has 1 aromatic carbocycles. The lowest BCUT2D eigenvalue weighted by atomic mass is 10.2. The third-order valence-electron chi connectivity index (χ3n) is 2.47. The molecule has 0 aliphatic heterocycles. The summed E-state index contributed by atoms with van der Waals surface area (Å²) in [5.74, 6) is 1.03. The summed E-state index contributed by atoms with van der Waals surface area (Å²) in [5.41, 5.74) is 1.04. The maximum atomic E-state index is 11.1. The van der Waals surface area contributed by atoms with Gasteiger partial charge in [-0.2, -0.15) is 0 Å². The standard InChI is InChI=1S/C13H15NO2/c1-3-16-13-6-4-5-12-11(13)7-8-14(12)9-10(2)15/h4-8H,3,9H2,1-2H3. The molecule has 0 aliphatic carbocycles. The van der Waals surface area contributed by atoms with Gasteiger partial charge in [-0.25, -0.2) is 0 Å². The largest absolute Gasteiger partial charge is 0.493 e. The number of rotatable bonds is 4. The van der Waals surface area contributed by atoms with Crippen molar-refractivity contribution in [3.05, 3.63) is 30.5 Å². The Kier molecular flexibility index (Phi) is 2.95. The van der Waals surface area contributed by atoms with Crippen LogP contribution >= 0.6 is 0 Å². The average molecular weight is 217 g/mol. The summed E-state index contributed by atoms with van der Waals surface area (Å²) in [5, 5.41) is 1.06. The predicted molar refractivity (Wildman–Crippen MR) is 63.8 cm³/mol. The number of hydrogen-bond donors (Lipinski definition) is 0. The first kappa shape index (κ1) is 10.7. The van der Waals surface area contributed by atoms with E-state index < -0.39 is 0 Å². The Labute approximate surface area is 94.6 Å². The molecule has 0 radical (unpaired) electrons. The van der Waals surface area contributed by atoms with Crippen molar-refractivity contribution < 1.29 is 9.53 Å². The van der Waals surface area contributed by atoms with Gasteiger partial charge in [-0.3, -0.25) is 4.79 Å². The van der Waals surface area contributed by atoms with Gasteiger partial charge in [-0.1, -0.05) is 6.07 Å². The summed E-state index contributed by atoms with van der Waals surface area (Å²) in [6.45, 7) is 4.62. The monoisotopic (exact) mass is 217 g/mol. The van der Waals surface area contributed by atoms with E-state index in [0.29, 0.717) is 13.2 Å². The number of ketones is 1. The second-order valence-corrected chi connectivity index (χ2v) is 3.77. The van der Waals surface area contributed by atoms with E-state index in [0.717, 1.165) is 16.7 Å². The van der Waals surface area contributed by atoms with Gasteiger partial charge < -0.3 is 9.30 Å². The minimum absolute atomic E-state index is 0.152. The van der Waals surface area contributed by atoms with Crippen molar-refractivity contribution in [2.24, 2.45) is 0 Å². The third kappa shape index (κ3) is 1.94. The van der Waals surface area contributed by atoms with Gasteiger partial charge in [0.1, 0.15) is 11.5 Å². The number of carbonyl (C=O) groups is 1. The number of carbonyl (C=O) groups excluding carboxylic acids is 1. The van der Waals surface area contributed by atoms with Gasteiger partial charge in [-0.15, -0.1) is 0 Å². The fourth-order valence-electron chi connectivity index (χ4n) is 1.85. The zero-order valence-electron chi connectivity index (χ0n) is 9.56. The highest BCUT2D eigenvalue weighted by Gasteiger charge is 2.06. The van der Waals surface area contributed by atoms with Crippen LogP contribution in [-0.2, 0) is 11.3 Å². The third-order valence-corrected chi connectivity index (χ3v) is 2.47. The van der Waals surface area contributed by atoms with Crippen LogP contribution in [0.1, 0.15) is 13.8 Å². The molecule has 0 fully saturated rings. The van der Waals surface area contributed by atoms with Crippen LogP contribution in [0.15, 0.2) is 30.5 Å². The van der Waals surface area contributed by atoms with Gasteiger partial charge >= 0.3 is 0 Å². The molecule has 3 heteroatoms. The molecule has 0 aliphatic rings. The van der Waals surface area contributed by atoms with Crippen molar-refractivity contribution >= 4 is 16.7 Å². The Balaban J connectivity index is 2.48. The van der Waals surface area contributed by atoms with Crippen molar-refractivity contribution in [3.8, 4) is 5.75 Å². The van der Waals surface area contributed by atoms with Crippen LogP contribution in [0.3, 0.4) is 0 Å². The molecule has 1 aromatic heterocycles. The minimum Gasteiger partial charge on any atom is -0.493 e. The highest BCUT2D eigenvalue weighted by atomic mass is 16.5. The summed E-state index contributed by atoms with van der Waals surface area (Å²) in [6.07, 6.45) is 1.93. The number of nitrogens with zero attached hydrogens (tertiary/aromatic N) is 1. The molecule has 0 spiro atoms. The summed E-state index contributed by atoms with van der Waals surface area (Å²) < 4.78 is 7.48. The maximum absolute atomic E-state index is 11.1. The molecule has 0 unspecified atom stereocenters. The van der Waals surface area contributed by atoms with Crippen molar-refractivity contribution in [2.45, 2.75) is 20.4 Å². The molecule has 0 amide bonds. The van der Waals surface area contributed by atoms with Gasteiger partial charge in [0.25, 0.3) is 0 Å². The lowest BCUT2D eigenvalue weighted by Crippen LogP contribution is -2.04. The molecule has 0 atom stereocenters. The number of fused-ring (bicyclic) bond motifs is 1. The zero-order valence-corrected chi connectivity index (χ0v) is 9.56. The Morgan fingerprint density at radius 1 is 1.38 bits per heavy atom. The summed E-state index contributed by atoms with van der Waals surface area (Å²) in [4.78, 5) is 11.1. The van der Waals surface area contributed by atoms with Crippen LogP contribution < -0.4 is 4.74 Å². The summed E-state index contributed by atoms with van der Waals surface area (Å²) in [6, 6.07) is 7.89. The van der Waals surface area contributed by atoms with E-state index in [1.807, 2.05) is 42.0 Å². The first-order valence-corrected chi connectivity index (χ1v) is 5.42. The Morgan fingerprint density at radius 3 is 2.88 bits per heavy atom. The molecule has 1 heterocycles. The molecule has 0 saturated carbocycles. The fraction of sp³-hybridized carbons (Fsp3) is 0.308. The van der Waals surface area contributed by atoms with Gasteiger partial charge in [-0.05, 0) is 32.0 Å². The molecule has 0 N–H and O–H groups in total. The molecule has 84 valence electrons. The zero-order chi connectivity index (χ0) is 11.5. The van der Waals surface area contributed by atoms with E-state index in [4.69, 9.17) is 4.74 Å². The van der Waals surface area contributed by atoms with Gasteiger partial charge in [0, 0.05) is 11.6 Å². The Hall–Kier alpha value is -1.77. The second kappa shape index (κ2) is 4.39. The molecule has 0 bridgehead atoms. The van der Waals surface area contributed by atoms with Crippen LogP contribution in [0.25, 0.3) is 10.9 Å². The molecule has 2 rings (SSSR count). The number of hydrogen-bond acceptors (Lipinski definition) is 2. The van der Waals surface area contributed by atoms with Crippen LogP contribution in [0, 0.1) is 0 Å². The summed E-state index contributed by atoms with van der Waals surface area (Å²) in [7, 11) is 0. The Bertz CT molecular complexity index is 514. The van der Waals surface area contributed by atoms with Crippen LogP contribution in [0.4, 0.5) is 0 Å². The topological polar surface area (TPSA) is 31.2 Å². The molecule has 16 heavy (non-hydrogen) atoms. The SMILES string of the molecule is CCOc1cccc2c1ccn2CC(C)=O. The quantitative estimate of drug-likeness (QED) is 0.788. The first-order valence-electron chi connectivity index (χ1n) is 5.42. The van der Waals surface area contributed by atoms with Crippen LogP contribution in [0.5, 0.6) is 5.75 Å². The number of benzene rings is 1. The summed E-state index contributed by atoms with van der Waals surface area (Å²) >= 11 is 0. The molecule has 2 aromatic rings. The normalized spacial score (nSPS) is 10.6. The second-order valence-electron chi connectivity index (χ2n) is 3.77. The van der Waals surface area contributed by atoms with Crippen LogP contribution in [-0.4, -0.2) is 17.0 Å². The van der Waals surface area contributed by atoms with E-state index in [-0.39, 0.29) is 5.78 Å². The highest BCUT2D eigenvalue weighted by molar-refractivity contribution is 5.88.